The molecule has 0 spiro atoms. The van der Waals surface area contributed by atoms with Gasteiger partial charge in [-0.3, -0.25) is 19.3 Å². The number of likely N-dealkylation sites (N-methyl/N-ethyl adjacent to an activating group) is 1. The van der Waals surface area contributed by atoms with Crippen molar-refractivity contribution in [2.75, 3.05) is 51.3 Å². The van der Waals surface area contributed by atoms with Crippen molar-refractivity contribution in [3.05, 3.63) is 29.8 Å². The molecule has 5 rings (SSSR count). The number of hydrogen-bond acceptors (Lipinski definition) is 7. The Morgan fingerprint density at radius 3 is 2.33 bits per heavy atom. The van der Waals surface area contributed by atoms with Gasteiger partial charge in [0.1, 0.15) is 24.3 Å². The fourth-order valence-electron chi connectivity index (χ4n) is 6.38. The predicted octanol–water partition coefficient (Wildman–Crippen LogP) is 1.03. The Morgan fingerprint density at radius 1 is 1.06 bits per heavy atom. The van der Waals surface area contributed by atoms with Crippen molar-refractivity contribution in [2.24, 2.45) is 0 Å². The molecule has 0 unspecified atom stereocenters. The lowest BCUT2D eigenvalue weighted by molar-refractivity contribution is -0.142. The zero-order valence-electron chi connectivity index (χ0n) is 21.7. The number of likely N-dealkylation sites (tertiary alicyclic amines) is 1. The van der Waals surface area contributed by atoms with Gasteiger partial charge in [0, 0.05) is 50.0 Å². The van der Waals surface area contributed by atoms with Crippen LogP contribution in [0.1, 0.15) is 49.9 Å². The summed E-state index contributed by atoms with van der Waals surface area (Å²) >= 11 is 0. The summed E-state index contributed by atoms with van der Waals surface area (Å²) in [5.41, 5.74) is 0.688. The topological polar surface area (TPSA) is 94.2 Å². The van der Waals surface area contributed by atoms with Crippen LogP contribution in [0.25, 0.3) is 0 Å². The first kappa shape index (κ1) is 25.2. The van der Waals surface area contributed by atoms with Crippen molar-refractivity contribution in [3.8, 4) is 0 Å². The van der Waals surface area contributed by atoms with Gasteiger partial charge in [0.15, 0.2) is 5.78 Å². The van der Waals surface area contributed by atoms with Gasteiger partial charge in [-0.25, -0.2) is 0 Å². The average Bonchev–Trinajstić information content (AvgIpc) is 3.61. The van der Waals surface area contributed by atoms with Crippen LogP contribution in [0.2, 0.25) is 0 Å². The molecule has 0 aromatic heterocycles. The Balaban J connectivity index is 1.28. The maximum absolute atomic E-state index is 13.9. The molecule has 1 saturated carbocycles. The average molecular weight is 498 g/mol. The molecule has 4 aliphatic rings. The summed E-state index contributed by atoms with van der Waals surface area (Å²) in [6, 6.07) is 7.60. The number of anilines is 1. The van der Waals surface area contributed by atoms with Gasteiger partial charge >= 0.3 is 0 Å². The highest BCUT2D eigenvalue weighted by atomic mass is 16.5. The number of nitrogens with one attached hydrogen (secondary N) is 2. The standard InChI is InChI=1S/C27H39N5O4/c1-18(2)30-12-14-31(15-13-30)20-8-6-19(7-9-20)25(34)29-27(10-4-5-11-27)26(35)32-16-21(28-3)24-23(32)22(33)17-36-24/h6-9,18,21,23-24,28H,4-5,10-17H2,1-3H3,(H,29,34)/t21-,23+,24+/m0/s1. The molecule has 2 amide bonds. The third-order valence-electron chi connectivity index (χ3n) is 8.58. The van der Waals surface area contributed by atoms with E-state index in [0.717, 1.165) is 44.7 Å². The Labute approximate surface area is 213 Å². The highest BCUT2D eigenvalue weighted by molar-refractivity contribution is 6.01. The minimum absolute atomic E-state index is 0.0372. The van der Waals surface area contributed by atoms with Gasteiger partial charge in [-0.05, 0) is 58.0 Å². The second kappa shape index (κ2) is 10.1. The lowest BCUT2D eigenvalue weighted by Gasteiger charge is -2.38. The van der Waals surface area contributed by atoms with Crippen LogP contribution in [0, 0.1) is 0 Å². The molecule has 1 aliphatic carbocycles. The number of rotatable bonds is 6. The Kier molecular flexibility index (Phi) is 7.07. The van der Waals surface area contributed by atoms with E-state index in [2.05, 4.69) is 34.3 Å². The Hall–Kier alpha value is -2.49. The maximum Gasteiger partial charge on any atom is 0.252 e. The normalized spacial score (nSPS) is 28.1. The molecule has 4 fully saturated rings. The second-order valence-electron chi connectivity index (χ2n) is 10.9. The number of amides is 2. The van der Waals surface area contributed by atoms with E-state index in [9.17, 15) is 14.4 Å². The summed E-state index contributed by atoms with van der Waals surface area (Å²) in [6.07, 6.45) is 2.59. The first-order valence-electron chi connectivity index (χ1n) is 13.4. The van der Waals surface area contributed by atoms with Gasteiger partial charge in [0.25, 0.3) is 5.91 Å². The van der Waals surface area contributed by atoms with E-state index >= 15 is 0 Å². The smallest absolute Gasteiger partial charge is 0.252 e. The number of carbonyl (C=O) groups excluding carboxylic acids is 3. The van der Waals surface area contributed by atoms with Crippen LogP contribution in [0.15, 0.2) is 24.3 Å². The zero-order valence-corrected chi connectivity index (χ0v) is 21.7. The van der Waals surface area contributed by atoms with Crippen LogP contribution >= 0.6 is 0 Å². The minimum atomic E-state index is -0.973. The monoisotopic (exact) mass is 497 g/mol. The summed E-state index contributed by atoms with van der Waals surface area (Å²) in [6.45, 7) is 8.90. The SMILES string of the molecule is CN[C@H]1CN(C(=O)C2(NC(=O)c3ccc(N4CCN(C(C)C)CC4)cc3)CCCC2)[C@@H]2C(=O)CO[C@H]12. The van der Waals surface area contributed by atoms with Crippen LogP contribution in [0.4, 0.5) is 5.69 Å². The first-order valence-corrected chi connectivity index (χ1v) is 13.4. The molecule has 36 heavy (non-hydrogen) atoms. The molecule has 2 N–H and O–H groups in total. The van der Waals surface area contributed by atoms with Crippen molar-refractivity contribution in [1.82, 2.24) is 20.4 Å². The van der Waals surface area contributed by atoms with Crippen molar-refractivity contribution in [2.45, 2.75) is 69.3 Å². The number of Topliss-reactive ketones (excluding diaryl/α,β-unsaturated/α-hetero) is 1. The molecule has 196 valence electrons. The third-order valence-corrected chi connectivity index (χ3v) is 8.58. The summed E-state index contributed by atoms with van der Waals surface area (Å²) in [5.74, 6) is -0.452. The highest BCUT2D eigenvalue weighted by Gasteiger charge is 2.56. The molecular formula is C27H39N5O4. The van der Waals surface area contributed by atoms with E-state index in [-0.39, 0.29) is 36.4 Å². The lowest BCUT2D eigenvalue weighted by atomic mass is 9.93. The number of carbonyl (C=O) groups is 3. The summed E-state index contributed by atoms with van der Waals surface area (Å²) < 4.78 is 5.70. The van der Waals surface area contributed by atoms with Crippen LogP contribution in [0.3, 0.4) is 0 Å². The zero-order chi connectivity index (χ0) is 25.4. The summed E-state index contributed by atoms with van der Waals surface area (Å²) in [7, 11) is 1.82. The molecule has 1 aromatic rings. The quantitative estimate of drug-likeness (QED) is 0.606. The lowest BCUT2D eigenvalue weighted by Crippen LogP contribution is -2.60. The van der Waals surface area contributed by atoms with Crippen molar-refractivity contribution >= 4 is 23.3 Å². The van der Waals surface area contributed by atoms with Gasteiger partial charge in [-0.15, -0.1) is 0 Å². The fourth-order valence-corrected chi connectivity index (χ4v) is 6.38. The molecule has 0 bridgehead atoms. The van der Waals surface area contributed by atoms with Gasteiger partial charge in [0.2, 0.25) is 5.91 Å². The third kappa shape index (κ3) is 4.53. The Bertz CT molecular complexity index is 982. The number of hydrogen-bond donors (Lipinski definition) is 2. The molecule has 9 heteroatoms. The van der Waals surface area contributed by atoms with Gasteiger partial charge < -0.3 is 25.2 Å². The maximum atomic E-state index is 13.9. The summed E-state index contributed by atoms with van der Waals surface area (Å²) in [5, 5.41) is 6.29. The van der Waals surface area contributed by atoms with E-state index in [1.807, 2.05) is 31.3 Å². The largest absolute Gasteiger partial charge is 0.369 e. The number of benzene rings is 1. The number of ketones is 1. The van der Waals surface area contributed by atoms with Crippen molar-refractivity contribution in [1.29, 1.82) is 0 Å². The van der Waals surface area contributed by atoms with E-state index in [1.54, 1.807) is 4.90 Å². The van der Waals surface area contributed by atoms with Gasteiger partial charge in [0.05, 0.1) is 6.04 Å². The number of nitrogens with zero attached hydrogens (tertiary/aromatic N) is 3. The highest BCUT2D eigenvalue weighted by Crippen LogP contribution is 2.36. The fraction of sp³-hybridized carbons (Fsp3) is 0.667. The second-order valence-corrected chi connectivity index (χ2v) is 10.9. The van der Waals surface area contributed by atoms with Crippen LogP contribution in [0.5, 0.6) is 0 Å². The number of ether oxygens (including phenoxy) is 1. The van der Waals surface area contributed by atoms with Crippen LogP contribution in [-0.4, -0.2) is 104 Å². The van der Waals surface area contributed by atoms with Crippen LogP contribution < -0.4 is 15.5 Å². The van der Waals surface area contributed by atoms with E-state index in [1.165, 1.54) is 0 Å². The van der Waals surface area contributed by atoms with E-state index in [0.29, 0.717) is 31.0 Å². The molecule has 3 saturated heterocycles. The first-order chi connectivity index (χ1) is 17.3. The predicted molar refractivity (Wildman–Crippen MR) is 137 cm³/mol. The molecule has 3 heterocycles. The molecule has 1 aromatic carbocycles. The van der Waals surface area contributed by atoms with Gasteiger partial charge in [-0.1, -0.05) is 12.8 Å². The molecule has 9 nitrogen and oxygen atoms in total. The van der Waals surface area contributed by atoms with Crippen molar-refractivity contribution < 1.29 is 19.1 Å². The Morgan fingerprint density at radius 2 is 1.72 bits per heavy atom. The molecule has 3 atom stereocenters. The number of piperazine rings is 1. The molecular weight excluding hydrogens is 458 g/mol. The minimum Gasteiger partial charge on any atom is -0.369 e. The van der Waals surface area contributed by atoms with Crippen molar-refractivity contribution in [3.63, 3.8) is 0 Å². The van der Waals surface area contributed by atoms with Gasteiger partial charge in [-0.2, -0.15) is 0 Å². The molecule has 3 aliphatic heterocycles. The van der Waals surface area contributed by atoms with Crippen LogP contribution in [-0.2, 0) is 14.3 Å². The van der Waals surface area contributed by atoms with E-state index in [4.69, 9.17) is 4.74 Å². The summed E-state index contributed by atoms with van der Waals surface area (Å²) in [4.78, 5) is 46.3. The van der Waals surface area contributed by atoms with E-state index < -0.39 is 11.6 Å². The number of fused-ring (bicyclic) bond motifs is 1. The molecule has 0 radical (unpaired) electrons.